The first-order chi connectivity index (χ1) is 16.1. The Morgan fingerprint density at radius 1 is 0.636 bits per heavy atom. The predicted molar refractivity (Wildman–Crippen MR) is 122 cm³/mol. The highest BCUT2D eigenvalue weighted by atomic mass is 16.6. The van der Waals surface area contributed by atoms with E-state index in [9.17, 15) is 9.59 Å². The summed E-state index contributed by atoms with van der Waals surface area (Å²) in [5.74, 6) is -1.41. The first-order valence-electron chi connectivity index (χ1n) is 13.4. The molecule has 3 saturated heterocycles. The summed E-state index contributed by atoms with van der Waals surface area (Å²) >= 11 is 0. The Kier molecular flexibility index (Phi) is 9.05. The van der Waals surface area contributed by atoms with Gasteiger partial charge in [-0.15, -0.1) is 0 Å². The highest BCUT2D eigenvalue weighted by Gasteiger charge is 2.53. The molecule has 4 aliphatic rings. The second kappa shape index (κ2) is 12.0. The number of carbonyl (C=O) groups excluding carboxylic acids is 2. The largest absolute Gasteiger partial charge is 0.465 e. The Balaban J connectivity index is 1.08. The lowest BCUT2D eigenvalue weighted by Gasteiger charge is -2.26. The average Bonchev–Trinajstić information content (AvgIpc) is 3.71. The molecule has 0 radical (unpaired) electrons. The zero-order chi connectivity index (χ0) is 23.2. The fourth-order valence-corrected chi connectivity index (χ4v) is 5.34. The summed E-state index contributed by atoms with van der Waals surface area (Å²) in [5, 5.41) is 0. The van der Waals surface area contributed by atoms with Gasteiger partial charge < -0.3 is 23.7 Å². The van der Waals surface area contributed by atoms with Crippen LogP contribution in [0.4, 0.5) is 0 Å². The first-order valence-corrected chi connectivity index (χ1v) is 13.4. The molecule has 33 heavy (non-hydrogen) atoms. The Morgan fingerprint density at radius 3 is 1.48 bits per heavy atom. The topological polar surface area (TPSA) is 90.2 Å². The zero-order valence-corrected chi connectivity index (χ0v) is 20.4. The van der Waals surface area contributed by atoms with E-state index in [0.717, 1.165) is 64.2 Å². The van der Waals surface area contributed by atoms with E-state index in [1.54, 1.807) is 0 Å². The van der Waals surface area contributed by atoms with Crippen LogP contribution in [0.2, 0.25) is 0 Å². The van der Waals surface area contributed by atoms with Gasteiger partial charge in [0.25, 0.3) is 0 Å². The minimum Gasteiger partial charge on any atom is -0.465 e. The number of carbonyl (C=O) groups is 2. The number of hydrogen-bond donors (Lipinski definition) is 0. The monoisotopic (exact) mass is 466 g/mol. The summed E-state index contributed by atoms with van der Waals surface area (Å²) < 4.78 is 27.8. The third-order valence-corrected chi connectivity index (χ3v) is 7.69. The molecule has 0 aromatic rings. The van der Waals surface area contributed by atoms with Crippen molar-refractivity contribution in [2.45, 2.75) is 128 Å². The quantitative estimate of drug-likeness (QED) is 0.190. The molecule has 0 spiro atoms. The molecule has 7 heteroatoms. The van der Waals surface area contributed by atoms with Gasteiger partial charge in [0.05, 0.1) is 61.7 Å². The number of fused-ring (bicyclic) bond motifs is 1. The Labute approximate surface area is 198 Å². The molecule has 0 N–H and O–H groups in total. The molecule has 3 heterocycles. The lowest BCUT2D eigenvalue weighted by molar-refractivity contribution is -0.162. The Bertz CT molecular complexity index is 599. The second-order valence-corrected chi connectivity index (χ2v) is 10.2. The summed E-state index contributed by atoms with van der Waals surface area (Å²) in [6.07, 6.45) is 13.5. The average molecular weight is 467 g/mol. The molecule has 8 unspecified atom stereocenters. The molecule has 3 aliphatic heterocycles. The SMILES string of the molecule is CCC1OC1CCCCCOC(=O)C1CC2OC2CC1C(=O)OCCCCCC1OC1CC. The summed E-state index contributed by atoms with van der Waals surface area (Å²) in [4.78, 5) is 25.5. The van der Waals surface area contributed by atoms with E-state index in [4.69, 9.17) is 23.7 Å². The number of esters is 2. The Hall–Kier alpha value is -1.18. The Morgan fingerprint density at radius 2 is 1.09 bits per heavy atom. The minimum absolute atomic E-state index is 0.105. The van der Waals surface area contributed by atoms with Gasteiger partial charge in [-0.05, 0) is 64.2 Å². The molecule has 188 valence electrons. The van der Waals surface area contributed by atoms with Crippen molar-refractivity contribution >= 4 is 11.9 Å². The van der Waals surface area contributed by atoms with Crippen LogP contribution in [-0.2, 0) is 33.3 Å². The van der Waals surface area contributed by atoms with E-state index >= 15 is 0 Å². The first kappa shape index (κ1) is 24.9. The number of hydrogen-bond acceptors (Lipinski definition) is 7. The molecule has 8 atom stereocenters. The van der Waals surface area contributed by atoms with E-state index in [-0.39, 0.29) is 24.1 Å². The molecule has 1 aliphatic carbocycles. The van der Waals surface area contributed by atoms with Crippen molar-refractivity contribution < 1.29 is 33.3 Å². The van der Waals surface area contributed by atoms with Gasteiger partial charge >= 0.3 is 11.9 Å². The van der Waals surface area contributed by atoms with Crippen LogP contribution in [0, 0.1) is 11.8 Å². The third kappa shape index (κ3) is 7.40. The molecule has 0 amide bonds. The number of ether oxygens (including phenoxy) is 5. The minimum atomic E-state index is -0.440. The molecule has 7 nitrogen and oxygen atoms in total. The van der Waals surface area contributed by atoms with E-state index in [1.165, 1.54) is 0 Å². The maximum absolute atomic E-state index is 12.7. The van der Waals surface area contributed by atoms with Crippen LogP contribution in [0.3, 0.4) is 0 Å². The predicted octanol–water partition coefficient (Wildman–Crippen LogP) is 4.34. The molecule has 4 fully saturated rings. The number of unbranched alkanes of at least 4 members (excludes halogenated alkanes) is 4. The lowest BCUT2D eigenvalue weighted by atomic mass is 9.79. The van der Waals surface area contributed by atoms with Gasteiger partial charge in [0, 0.05) is 0 Å². The van der Waals surface area contributed by atoms with Crippen LogP contribution in [0.25, 0.3) is 0 Å². The van der Waals surface area contributed by atoms with Gasteiger partial charge in [0.2, 0.25) is 0 Å². The van der Waals surface area contributed by atoms with Gasteiger partial charge in [-0.2, -0.15) is 0 Å². The van der Waals surface area contributed by atoms with Crippen LogP contribution in [0.15, 0.2) is 0 Å². The second-order valence-electron chi connectivity index (χ2n) is 10.2. The fourth-order valence-electron chi connectivity index (χ4n) is 5.34. The fraction of sp³-hybridized carbons (Fsp3) is 0.923. The molecule has 0 bridgehead atoms. The molecule has 1 saturated carbocycles. The van der Waals surface area contributed by atoms with Gasteiger partial charge in [-0.1, -0.05) is 26.7 Å². The van der Waals surface area contributed by atoms with Gasteiger partial charge in [0.15, 0.2) is 0 Å². The molecule has 4 rings (SSSR count). The van der Waals surface area contributed by atoms with Crippen molar-refractivity contribution in [3.63, 3.8) is 0 Å². The zero-order valence-electron chi connectivity index (χ0n) is 20.4. The van der Waals surface area contributed by atoms with E-state index < -0.39 is 11.8 Å². The maximum atomic E-state index is 12.7. The number of rotatable bonds is 16. The van der Waals surface area contributed by atoms with Crippen molar-refractivity contribution in [2.24, 2.45) is 11.8 Å². The smallest absolute Gasteiger partial charge is 0.309 e. The van der Waals surface area contributed by atoms with E-state index in [0.29, 0.717) is 50.5 Å². The van der Waals surface area contributed by atoms with Crippen LogP contribution >= 0.6 is 0 Å². The highest BCUT2D eigenvalue weighted by Crippen LogP contribution is 2.44. The van der Waals surface area contributed by atoms with Crippen LogP contribution < -0.4 is 0 Å². The molecule has 0 aromatic carbocycles. The number of epoxide rings is 3. The van der Waals surface area contributed by atoms with Crippen LogP contribution in [0.5, 0.6) is 0 Å². The molecular weight excluding hydrogens is 424 g/mol. The van der Waals surface area contributed by atoms with E-state index in [2.05, 4.69) is 13.8 Å². The maximum Gasteiger partial charge on any atom is 0.309 e. The van der Waals surface area contributed by atoms with Crippen molar-refractivity contribution in [3.05, 3.63) is 0 Å². The molecule has 0 aromatic heterocycles. The normalized spacial score (nSPS) is 36.1. The third-order valence-electron chi connectivity index (χ3n) is 7.69. The summed E-state index contributed by atoms with van der Waals surface area (Å²) in [6, 6.07) is 0. The van der Waals surface area contributed by atoms with Gasteiger partial charge in [-0.3, -0.25) is 9.59 Å². The van der Waals surface area contributed by atoms with Gasteiger partial charge in [-0.25, -0.2) is 0 Å². The standard InChI is InChI=1S/C26H42O7/c1-3-19-21(31-19)11-7-5-9-13-29-25(27)17-15-23-24(33-23)16-18(17)26(28)30-14-10-6-8-12-22-20(4-2)32-22/h17-24H,3-16H2,1-2H3. The van der Waals surface area contributed by atoms with Crippen LogP contribution in [0.1, 0.15) is 90.9 Å². The lowest BCUT2D eigenvalue weighted by Crippen LogP contribution is -2.37. The van der Waals surface area contributed by atoms with Crippen molar-refractivity contribution in [2.75, 3.05) is 13.2 Å². The van der Waals surface area contributed by atoms with Crippen molar-refractivity contribution in [1.82, 2.24) is 0 Å². The molecular formula is C26H42O7. The van der Waals surface area contributed by atoms with Gasteiger partial charge in [0.1, 0.15) is 0 Å². The summed E-state index contributed by atoms with van der Waals surface area (Å²) in [6.45, 7) is 5.14. The van der Waals surface area contributed by atoms with Crippen molar-refractivity contribution in [1.29, 1.82) is 0 Å². The summed E-state index contributed by atoms with van der Waals surface area (Å²) in [7, 11) is 0. The van der Waals surface area contributed by atoms with E-state index in [1.807, 2.05) is 0 Å². The summed E-state index contributed by atoms with van der Waals surface area (Å²) in [5.41, 5.74) is 0. The van der Waals surface area contributed by atoms with Crippen LogP contribution in [-0.4, -0.2) is 61.8 Å². The van der Waals surface area contributed by atoms with Crippen molar-refractivity contribution in [3.8, 4) is 0 Å². The highest BCUT2D eigenvalue weighted by molar-refractivity contribution is 5.82.